The lowest BCUT2D eigenvalue weighted by Gasteiger charge is -2.38. The average molecular weight is 389 g/mol. The van der Waals surface area contributed by atoms with Gasteiger partial charge in [0.15, 0.2) is 0 Å². The number of rotatable bonds is 2. The Bertz CT molecular complexity index is 955. The number of fused-ring (bicyclic) bond motifs is 3. The van der Waals surface area contributed by atoms with E-state index in [0.717, 1.165) is 28.7 Å². The van der Waals surface area contributed by atoms with Crippen LogP contribution in [0.5, 0.6) is 0 Å². The smallest absolute Gasteiger partial charge is 0.292 e. The van der Waals surface area contributed by atoms with Crippen molar-refractivity contribution in [2.75, 3.05) is 5.32 Å². The van der Waals surface area contributed by atoms with Crippen molar-refractivity contribution in [3.63, 3.8) is 0 Å². The number of nitro groups is 1. The van der Waals surface area contributed by atoms with E-state index in [2.05, 4.69) is 17.5 Å². The van der Waals surface area contributed by atoms with Crippen LogP contribution in [0, 0.1) is 29.9 Å². The molecule has 0 bridgehead atoms. The molecule has 2 unspecified atom stereocenters. The third-order valence-electron chi connectivity index (χ3n) is 5.65. The summed E-state index contributed by atoms with van der Waals surface area (Å²) < 4.78 is 0. The standard InChI is InChI=1S/C20H18Cl2N2O2/c1-10-8-17(24(25)26)20-18(11(10)2)13-4-3-5-14(13)19(23-20)12-6-7-15(21)16(22)9-12/h3-4,6-9,13-14,19,23H,5H2,1-2H3/t13?,14?,19-/m1/s1. The summed E-state index contributed by atoms with van der Waals surface area (Å²) >= 11 is 12.3. The van der Waals surface area contributed by atoms with Crippen LogP contribution < -0.4 is 5.32 Å². The molecule has 0 saturated carbocycles. The summed E-state index contributed by atoms with van der Waals surface area (Å²) in [5.41, 5.74) is 4.87. The average Bonchev–Trinajstić information content (AvgIpc) is 3.08. The molecule has 0 fully saturated rings. The van der Waals surface area contributed by atoms with Gasteiger partial charge in [-0.2, -0.15) is 0 Å². The van der Waals surface area contributed by atoms with Gasteiger partial charge in [-0.3, -0.25) is 10.1 Å². The zero-order chi connectivity index (χ0) is 18.6. The van der Waals surface area contributed by atoms with Gasteiger partial charge in [0.1, 0.15) is 5.69 Å². The second-order valence-corrected chi connectivity index (χ2v) is 7.85. The van der Waals surface area contributed by atoms with E-state index in [-0.39, 0.29) is 22.6 Å². The highest BCUT2D eigenvalue weighted by Crippen LogP contribution is 2.53. The monoisotopic (exact) mass is 388 g/mol. The molecule has 6 heteroatoms. The lowest BCUT2D eigenvalue weighted by Crippen LogP contribution is -2.30. The summed E-state index contributed by atoms with van der Waals surface area (Å²) in [5, 5.41) is 16.1. The van der Waals surface area contributed by atoms with Gasteiger partial charge in [-0.05, 0) is 60.6 Å². The summed E-state index contributed by atoms with van der Waals surface area (Å²) in [7, 11) is 0. The first-order valence-corrected chi connectivity index (χ1v) is 9.30. The minimum absolute atomic E-state index is 0.0573. The van der Waals surface area contributed by atoms with Crippen molar-refractivity contribution in [1.29, 1.82) is 0 Å². The Morgan fingerprint density at radius 1 is 1.19 bits per heavy atom. The van der Waals surface area contributed by atoms with Crippen molar-refractivity contribution in [3.8, 4) is 0 Å². The second-order valence-electron chi connectivity index (χ2n) is 7.03. The van der Waals surface area contributed by atoms with Gasteiger partial charge in [-0.15, -0.1) is 0 Å². The zero-order valence-corrected chi connectivity index (χ0v) is 15.9. The number of benzene rings is 2. The molecule has 4 rings (SSSR count). The van der Waals surface area contributed by atoms with Crippen molar-refractivity contribution in [3.05, 3.63) is 78.8 Å². The number of aryl methyl sites for hydroxylation is 1. The number of nitro benzene ring substituents is 1. The van der Waals surface area contributed by atoms with E-state index in [9.17, 15) is 10.1 Å². The Morgan fingerprint density at radius 3 is 2.65 bits per heavy atom. The highest BCUT2D eigenvalue weighted by Gasteiger charge is 2.41. The first-order chi connectivity index (χ1) is 12.4. The van der Waals surface area contributed by atoms with Gasteiger partial charge in [0.25, 0.3) is 5.69 Å². The van der Waals surface area contributed by atoms with Crippen LogP contribution in [0.2, 0.25) is 10.0 Å². The molecule has 1 N–H and O–H groups in total. The fraction of sp³-hybridized carbons (Fsp3) is 0.300. The Labute approximate surface area is 162 Å². The Hall–Kier alpha value is -2.04. The van der Waals surface area contributed by atoms with E-state index in [0.29, 0.717) is 21.7 Å². The van der Waals surface area contributed by atoms with Crippen LogP contribution in [0.3, 0.4) is 0 Å². The maximum Gasteiger partial charge on any atom is 0.292 e. The molecule has 0 amide bonds. The normalized spacial score (nSPS) is 23.3. The molecule has 0 aromatic heterocycles. The van der Waals surface area contributed by atoms with E-state index >= 15 is 0 Å². The van der Waals surface area contributed by atoms with Gasteiger partial charge in [-0.25, -0.2) is 0 Å². The van der Waals surface area contributed by atoms with E-state index in [1.165, 1.54) is 0 Å². The third-order valence-corrected chi connectivity index (χ3v) is 6.39. The number of allylic oxidation sites excluding steroid dienone is 2. The fourth-order valence-electron chi connectivity index (χ4n) is 4.26. The van der Waals surface area contributed by atoms with E-state index in [1.807, 2.05) is 26.0 Å². The minimum Gasteiger partial charge on any atom is -0.372 e. The van der Waals surface area contributed by atoms with Crippen LogP contribution in [-0.4, -0.2) is 4.92 Å². The summed E-state index contributed by atoms with van der Waals surface area (Å²) in [6, 6.07) is 7.18. The number of halogens is 2. The molecule has 1 heterocycles. The van der Waals surface area contributed by atoms with E-state index in [4.69, 9.17) is 23.2 Å². The molecule has 134 valence electrons. The molecular formula is C20H18Cl2N2O2. The molecular weight excluding hydrogens is 371 g/mol. The van der Waals surface area contributed by atoms with Gasteiger partial charge in [0, 0.05) is 12.0 Å². The van der Waals surface area contributed by atoms with Crippen LogP contribution in [0.25, 0.3) is 0 Å². The van der Waals surface area contributed by atoms with Crippen molar-refractivity contribution < 1.29 is 4.92 Å². The number of nitrogens with zero attached hydrogens (tertiary/aromatic N) is 1. The van der Waals surface area contributed by atoms with Crippen LogP contribution in [0.4, 0.5) is 11.4 Å². The van der Waals surface area contributed by atoms with Crippen molar-refractivity contribution in [2.45, 2.75) is 32.2 Å². The van der Waals surface area contributed by atoms with Crippen LogP contribution in [0.1, 0.15) is 40.6 Å². The summed E-state index contributed by atoms with van der Waals surface area (Å²) in [6.45, 7) is 3.98. The number of anilines is 1. The first-order valence-electron chi connectivity index (χ1n) is 8.55. The molecule has 1 aliphatic carbocycles. The lowest BCUT2D eigenvalue weighted by atomic mass is 9.74. The largest absolute Gasteiger partial charge is 0.372 e. The Balaban J connectivity index is 1.90. The Morgan fingerprint density at radius 2 is 1.96 bits per heavy atom. The molecule has 4 nitrogen and oxygen atoms in total. The number of hydrogen-bond acceptors (Lipinski definition) is 3. The van der Waals surface area contributed by atoms with Crippen LogP contribution in [-0.2, 0) is 0 Å². The molecule has 0 spiro atoms. The molecule has 0 radical (unpaired) electrons. The molecule has 2 aromatic rings. The van der Waals surface area contributed by atoms with Gasteiger partial charge in [0.2, 0.25) is 0 Å². The maximum absolute atomic E-state index is 11.7. The number of hydrogen-bond donors (Lipinski definition) is 1. The summed E-state index contributed by atoms with van der Waals surface area (Å²) in [5.74, 6) is 0.448. The second kappa shape index (κ2) is 6.29. The predicted octanol–water partition coefficient (Wildman–Crippen LogP) is 6.34. The quantitative estimate of drug-likeness (QED) is 0.370. The lowest BCUT2D eigenvalue weighted by molar-refractivity contribution is -0.384. The molecule has 3 atom stereocenters. The van der Waals surface area contributed by atoms with Crippen molar-refractivity contribution in [1.82, 2.24) is 0 Å². The SMILES string of the molecule is Cc1cc([N+](=O)[O-])c2c(c1C)C1C=CCC1[C@@H](c1ccc(Cl)c(Cl)c1)N2. The van der Waals surface area contributed by atoms with Gasteiger partial charge in [0.05, 0.1) is 21.0 Å². The van der Waals surface area contributed by atoms with Gasteiger partial charge in [-0.1, -0.05) is 41.4 Å². The molecule has 2 aromatic carbocycles. The first kappa shape index (κ1) is 17.4. The maximum atomic E-state index is 11.7. The highest BCUT2D eigenvalue weighted by atomic mass is 35.5. The van der Waals surface area contributed by atoms with Gasteiger partial charge >= 0.3 is 0 Å². The fourth-order valence-corrected chi connectivity index (χ4v) is 4.57. The van der Waals surface area contributed by atoms with Crippen molar-refractivity contribution in [2.24, 2.45) is 5.92 Å². The molecule has 0 saturated heterocycles. The molecule has 26 heavy (non-hydrogen) atoms. The molecule has 1 aliphatic heterocycles. The van der Waals surface area contributed by atoms with Crippen LogP contribution in [0.15, 0.2) is 36.4 Å². The van der Waals surface area contributed by atoms with Crippen LogP contribution >= 0.6 is 23.2 Å². The zero-order valence-electron chi connectivity index (χ0n) is 14.4. The predicted molar refractivity (Wildman–Crippen MR) is 105 cm³/mol. The topological polar surface area (TPSA) is 55.2 Å². The van der Waals surface area contributed by atoms with Crippen molar-refractivity contribution >= 4 is 34.6 Å². The highest BCUT2D eigenvalue weighted by molar-refractivity contribution is 6.42. The third kappa shape index (κ3) is 2.60. The molecule has 2 aliphatic rings. The summed E-state index contributed by atoms with van der Waals surface area (Å²) in [6.07, 6.45) is 5.28. The Kier molecular flexibility index (Phi) is 4.20. The minimum atomic E-state index is -0.302. The number of nitrogens with one attached hydrogen (secondary N) is 1. The van der Waals surface area contributed by atoms with E-state index in [1.54, 1.807) is 12.1 Å². The van der Waals surface area contributed by atoms with E-state index < -0.39 is 0 Å². The van der Waals surface area contributed by atoms with Gasteiger partial charge < -0.3 is 5.32 Å². The summed E-state index contributed by atoms with van der Waals surface area (Å²) in [4.78, 5) is 11.4.